The van der Waals surface area contributed by atoms with E-state index in [1.807, 2.05) is 65.2 Å². The van der Waals surface area contributed by atoms with E-state index in [2.05, 4.69) is 15.3 Å². The third kappa shape index (κ3) is 4.27. The lowest BCUT2D eigenvalue weighted by atomic mass is 10.1. The van der Waals surface area contributed by atoms with Gasteiger partial charge in [-0.3, -0.25) is 4.57 Å². The second kappa shape index (κ2) is 8.38. The smallest absolute Gasteiger partial charge is 0.364 e. The Bertz CT molecular complexity index is 1400. The number of imidazole rings is 1. The zero-order valence-corrected chi connectivity index (χ0v) is 17.3. The Hall–Kier alpha value is -4.20. The minimum Gasteiger partial charge on any atom is -0.364 e. The van der Waals surface area contributed by atoms with Crippen LogP contribution in [0.2, 0.25) is 0 Å². The number of fused-ring (bicyclic) bond motifs is 1. The molecule has 2 aromatic heterocycles. The van der Waals surface area contributed by atoms with Crippen molar-refractivity contribution in [2.24, 2.45) is 0 Å². The highest BCUT2D eigenvalue weighted by Crippen LogP contribution is 2.30. The summed E-state index contributed by atoms with van der Waals surface area (Å²) in [6.07, 6.45) is -2.73. The molecule has 8 heteroatoms. The van der Waals surface area contributed by atoms with Crippen molar-refractivity contribution < 1.29 is 13.2 Å². The van der Waals surface area contributed by atoms with Crippen LogP contribution in [0.25, 0.3) is 28.2 Å². The molecule has 5 rings (SSSR count). The molecule has 0 aliphatic carbocycles. The lowest BCUT2D eigenvalue weighted by Gasteiger charge is -2.12. The molecule has 0 unspecified atom stereocenters. The molecule has 0 saturated heterocycles. The van der Waals surface area contributed by atoms with Crippen molar-refractivity contribution in [1.29, 1.82) is 0 Å². The first kappa shape index (κ1) is 20.7. The first-order valence-electron chi connectivity index (χ1n) is 10.2. The molecule has 164 valence electrons. The van der Waals surface area contributed by atoms with Gasteiger partial charge in [-0.05, 0) is 29.8 Å². The minimum absolute atomic E-state index is 0.155. The van der Waals surface area contributed by atoms with E-state index >= 15 is 0 Å². The Morgan fingerprint density at radius 3 is 2.27 bits per heavy atom. The van der Waals surface area contributed by atoms with Gasteiger partial charge >= 0.3 is 6.18 Å². The number of aromatic nitrogens is 4. The molecule has 0 saturated carbocycles. The van der Waals surface area contributed by atoms with Crippen LogP contribution in [0.3, 0.4) is 0 Å². The van der Waals surface area contributed by atoms with E-state index in [1.54, 1.807) is 12.4 Å². The van der Waals surface area contributed by atoms with Crippen molar-refractivity contribution in [3.63, 3.8) is 0 Å². The van der Waals surface area contributed by atoms with Crippen LogP contribution in [0.4, 0.5) is 19.0 Å². The van der Waals surface area contributed by atoms with Crippen LogP contribution in [0, 0.1) is 0 Å². The summed E-state index contributed by atoms with van der Waals surface area (Å²) in [5.74, 6) is 0.943. The summed E-state index contributed by atoms with van der Waals surface area (Å²) in [6.45, 7) is 0.155. The number of nitrogens with zero attached hydrogens (tertiary/aromatic N) is 4. The summed E-state index contributed by atoms with van der Waals surface area (Å²) in [5, 5.41) is 3.16. The highest BCUT2D eigenvalue weighted by Gasteiger charge is 2.30. The molecule has 0 spiro atoms. The summed E-state index contributed by atoms with van der Waals surface area (Å²) in [4.78, 5) is 13.9. The van der Waals surface area contributed by atoms with Crippen LogP contribution in [0.15, 0.2) is 91.3 Å². The molecule has 0 aliphatic heterocycles. The van der Waals surface area contributed by atoms with Crippen molar-refractivity contribution >= 4 is 17.0 Å². The normalized spacial score (nSPS) is 11.6. The molecule has 33 heavy (non-hydrogen) atoms. The highest BCUT2D eigenvalue weighted by molar-refractivity contribution is 5.86. The predicted octanol–water partition coefficient (Wildman–Crippen LogP) is 6.11. The van der Waals surface area contributed by atoms with Gasteiger partial charge in [-0.1, -0.05) is 60.7 Å². The quantitative estimate of drug-likeness (QED) is 0.354. The molecule has 3 aromatic carbocycles. The second-order valence-electron chi connectivity index (χ2n) is 7.44. The number of hydrogen-bond donors (Lipinski definition) is 1. The lowest BCUT2D eigenvalue weighted by molar-refractivity contribution is -0.137. The number of anilines is 1. The molecule has 1 N–H and O–H groups in total. The first-order valence-corrected chi connectivity index (χ1v) is 10.2. The van der Waals surface area contributed by atoms with Crippen LogP contribution in [0.1, 0.15) is 11.1 Å². The predicted molar refractivity (Wildman–Crippen MR) is 121 cm³/mol. The van der Waals surface area contributed by atoms with Gasteiger partial charge in [-0.15, -0.1) is 0 Å². The molecule has 0 amide bonds. The number of hydrogen-bond acceptors (Lipinski definition) is 4. The van der Waals surface area contributed by atoms with E-state index < -0.39 is 11.7 Å². The van der Waals surface area contributed by atoms with Gasteiger partial charge in [0.2, 0.25) is 0 Å². The molecule has 5 aromatic rings. The van der Waals surface area contributed by atoms with Crippen LogP contribution in [0.5, 0.6) is 0 Å². The van der Waals surface area contributed by atoms with E-state index in [1.165, 1.54) is 6.07 Å². The maximum atomic E-state index is 13.1. The van der Waals surface area contributed by atoms with E-state index in [0.717, 1.165) is 23.4 Å². The Morgan fingerprint density at radius 2 is 1.55 bits per heavy atom. The van der Waals surface area contributed by atoms with Crippen LogP contribution in [-0.4, -0.2) is 19.5 Å². The van der Waals surface area contributed by atoms with Gasteiger partial charge in [0.25, 0.3) is 0 Å². The molecule has 0 aliphatic rings. The van der Waals surface area contributed by atoms with Crippen molar-refractivity contribution in [3.05, 3.63) is 102 Å². The van der Waals surface area contributed by atoms with Gasteiger partial charge in [0.1, 0.15) is 6.33 Å². The number of rotatable bonds is 5. The third-order valence-electron chi connectivity index (χ3n) is 5.18. The standard InChI is InChI=1S/C25H18F3N5/c26-25(27,28)19-11-7-8-17(14-19)15-29-23-21-24(32-22(31-23)18-9-3-1-4-10-18)33(16-30-21)20-12-5-2-6-13-20/h1-14,16H,15H2,(H,29,31,32). The number of para-hydroxylation sites is 1. The SMILES string of the molecule is FC(F)(F)c1cccc(CNc2nc(-c3ccccc3)nc3c2ncn3-c2ccccc2)c1. The molecular weight excluding hydrogens is 427 g/mol. The monoisotopic (exact) mass is 445 g/mol. The van der Waals surface area contributed by atoms with E-state index in [4.69, 9.17) is 4.98 Å². The first-order chi connectivity index (χ1) is 16.0. The Kier molecular flexibility index (Phi) is 5.26. The summed E-state index contributed by atoms with van der Waals surface area (Å²) in [5.41, 5.74) is 2.64. The molecule has 0 atom stereocenters. The largest absolute Gasteiger partial charge is 0.416 e. The Labute approximate surface area is 187 Å². The summed E-state index contributed by atoms with van der Waals surface area (Å²) < 4.78 is 41.1. The van der Waals surface area contributed by atoms with Crippen molar-refractivity contribution in [2.75, 3.05) is 5.32 Å². The maximum absolute atomic E-state index is 13.1. The van der Waals surface area contributed by atoms with Crippen LogP contribution in [-0.2, 0) is 12.7 Å². The lowest BCUT2D eigenvalue weighted by Crippen LogP contribution is -2.08. The Morgan fingerprint density at radius 1 is 0.818 bits per heavy atom. The number of halogens is 3. The van der Waals surface area contributed by atoms with Gasteiger partial charge in [-0.2, -0.15) is 13.2 Å². The van der Waals surface area contributed by atoms with Crippen molar-refractivity contribution in [1.82, 2.24) is 19.5 Å². The molecular formula is C25H18F3N5. The Balaban J connectivity index is 1.57. The fraction of sp³-hybridized carbons (Fsp3) is 0.0800. The minimum atomic E-state index is -4.40. The molecule has 0 bridgehead atoms. The number of benzene rings is 3. The van der Waals surface area contributed by atoms with Gasteiger partial charge in [0, 0.05) is 17.8 Å². The van der Waals surface area contributed by atoms with Crippen molar-refractivity contribution in [3.8, 4) is 17.1 Å². The summed E-state index contributed by atoms with van der Waals surface area (Å²) >= 11 is 0. The second-order valence-corrected chi connectivity index (χ2v) is 7.44. The van der Waals surface area contributed by atoms with E-state index in [-0.39, 0.29) is 6.54 Å². The number of alkyl halides is 3. The van der Waals surface area contributed by atoms with Gasteiger partial charge in [0.15, 0.2) is 22.8 Å². The zero-order chi connectivity index (χ0) is 22.8. The number of nitrogens with one attached hydrogen (secondary N) is 1. The highest BCUT2D eigenvalue weighted by atomic mass is 19.4. The summed E-state index contributed by atoms with van der Waals surface area (Å²) in [6, 6.07) is 24.4. The molecule has 5 nitrogen and oxygen atoms in total. The van der Waals surface area contributed by atoms with Gasteiger partial charge in [-0.25, -0.2) is 15.0 Å². The maximum Gasteiger partial charge on any atom is 0.416 e. The average Bonchev–Trinajstić information content (AvgIpc) is 3.27. The topological polar surface area (TPSA) is 55.6 Å². The van der Waals surface area contributed by atoms with E-state index in [0.29, 0.717) is 28.4 Å². The van der Waals surface area contributed by atoms with E-state index in [9.17, 15) is 13.2 Å². The summed E-state index contributed by atoms with van der Waals surface area (Å²) in [7, 11) is 0. The van der Waals surface area contributed by atoms with Crippen LogP contribution >= 0.6 is 0 Å². The third-order valence-corrected chi connectivity index (χ3v) is 5.18. The van der Waals surface area contributed by atoms with Crippen molar-refractivity contribution in [2.45, 2.75) is 12.7 Å². The van der Waals surface area contributed by atoms with Gasteiger partial charge in [0.05, 0.1) is 5.56 Å². The van der Waals surface area contributed by atoms with Crippen LogP contribution < -0.4 is 5.32 Å². The van der Waals surface area contributed by atoms with Gasteiger partial charge < -0.3 is 5.32 Å². The fourth-order valence-electron chi connectivity index (χ4n) is 3.56. The fourth-order valence-corrected chi connectivity index (χ4v) is 3.56. The molecule has 2 heterocycles. The molecule has 0 radical (unpaired) electrons. The molecule has 0 fully saturated rings. The zero-order valence-electron chi connectivity index (χ0n) is 17.3. The average molecular weight is 445 g/mol.